The third kappa shape index (κ3) is 4.26. The molecule has 0 saturated heterocycles. The fourth-order valence-corrected chi connectivity index (χ4v) is 5.07. The number of nitrogens with two attached hydrogens (primary N) is 1. The van der Waals surface area contributed by atoms with Crippen molar-refractivity contribution in [2.75, 3.05) is 0 Å². The van der Waals surface area contributed by atoms with Crippen molar-refractivity contribution in [1.29, 1.82) is 0 Å². The molecule has 1 aliphatic carbocycles. The molecule has 0 aliphatic heterocycles. The first-order valence-electron chi connectivity index (χ1n) is 8.04. The van der Waals surface area contributed by atoms with E-state index in [0.717, 1.165) is 11.2 Å². The zero-order chi connectivity index (χ0) is 14.5. The number of rotatable bonds is 5. The minimum Gasteiger partial charge on any atom is -0.323 e. The summed E-state index contributed by atoms with van der Waals surface area (Å²) < 4.78 is 0. The lowest BCUT2D eigenvalue weighted by molar-refractivity contribution is 0.391. The van der Waals surface area contributed by atoms with Gasteiger partial charge < -0.3 is 5.73 Å². The molecule has 4 atom stereocenters. The van der Waals surface area contributed by atoms with Crippen molar-refractivity contribution in [3.63, 3.8) is 0 Å². The van der Waals surface area contributed by atoms with Gasteiger partial charge in [0.25, 0.3) is 0 Å². The first-order chi connectivity index (χ1) is 9.58. The highest BCUT2D eigenvalue weighted by atomic mass is 32.2. The maximum atomic E-state index is 6.57. The van der Waals surface area contributed by atoms with E-state index in [2.05, 4.69) is 62.9 Å². The maximum absolute atomic E-state index is 6.57. The predicted molar refractivity (Wildman–Crippen MR) is 91.0 cm³/mol. The summed E-state index contributed by atoms with van der Waals surface area (Å²) in [5.41, 5.74) is 7.85. The molecule has 2 heteroatoms. The third-order valence-corrected chi connectivity index (χ3v) is 6.40. The van der Waals surface area contributed by atoms with E-state index in [1.54, 1.807) is 0 Å². The van der Waals surface area contributed by atoms with Crippen LogP contribution < -0.4 is 5.73 Å². The van der Waals surface area contributed by atoms with Crippen LogP contribution in [0.4, 0.5) is 0 Å². The van der Waals surface area contributed by atoms with Crippen LogP contribution in [0, 0.1) is 11.8 Å². The smallest absolute Gasteiger partial charge is 0.0418 e. The van der Waals surface area contributed by atoms with Crippen LogP contribution in [0.5, 0.6) is 0 Å². The summed E-state index contributed by atoms with van der Waals surface area (Å²) in [4.78, 5) is 0. The molecule has 0 aromatic heterocycles. The van der Waals surface area contributed by atoms with Crippen molar-refractivity contribution < 1.29 is 0 Å². The molecule has 0 radical (unpaired) electrons. The maximum Gasteiger partial charge on any atom is 0.0418 e. The molecule has 4 unspecified atom stereocenters. The Morgan fingerprint density at radius 3 is 2.45 bits per heavy atom. The van der Waals surface area contributed by atoms with E-state index in [1.807, 2.05) is 0 Å². The number of hydrogen-bond acceptors (Lipinski definition) is 2. The van der Waals surface area contributed by atoms with E-state index in [4.69, 9.17) is 5.73 Å². The Balaban J connectivity index is 2.03. The van der Waals surface area contributed by atoms with Crippen LogP contribution in [0.15, 0.2) is 30.3 Å². The van der Waals surface area contributed by atoms with E-state index in [1.165, 1.54) is 31.2 Å². The molecular weight excluding hydrogens is 262 g/mol. The SMILES string of the molecule is CC1CCCC(SC(C(C)C)C(N)c2ccccc2)C1. The van der Waals surface area contributed by atoms with Gasteiger partial charge in [-0.3, -0.25) is 0 Å². The van der Waals surface area contributed by atoms with Gasteiger partial charge in [0.1, 0.15) is 0 Å². The molecule has 1 fully saturated rings. The standard InChI is InChI=1S/C18H29NS/c1-13(2)18(17(19)15-9-5-4-6-10-15)20-16-11-7-8-14(3)12-16/h4-6,9-10,13-14,16-18H,7-8,11-12,19H2,1-3H3. The van der Waals surface area contributed by atoms with Gasteiger partial charge in [-0.1, -0.05) is 63.9 Å². The lowest BCUT2D eigenvalue weighted by Gasteiger charge is -2.34. The lowest BCUT2D eigenvalue weighted by Crippen LogP contribution is -2.31. The number of hydrogen-bond donors (Lipinski definition) is 1. The highest BCUT2D eigenvalue weighted by Crippen LogP contribution is 2.39. The number of thioether (sulfide) groups is 1. The Morgan fingerprint density at radius 1 is 1.15 bits per heavy atom. The van der Waals surface area contributed by atoms with Gasteiger partial charge in [0.2, 0.25) is 0 Å². The van der Waals surface area contributed by atoms with E-state index in [0.29, 0.717) is 11.2 Å². The summed E-state index contributed by atoms with van der Waals surface area (Å²) in [6.07, 6.45) is 5.55. The van der Waals surface area contributed by atoms with Crippen molar-refractivity contribution in [2.45, 2.75) is 63.0 Å². The Bertz CT molecular complexity index is 390. The van der Waals surface area contributed by atoms with Crippen LogP contribution in [0.3, 0.4) is 0 Å². The van der Waals surface area contributed by atoms with Gasteiger partial charge in [0, 0.05) is 16.5 Å². The van der Waals surface area contributed by atoms with Gasteiger partial charge in [-0.15, -0.1) is 0 Å². The van der Waals surface area contributed by atoms with Gasteiger partial charge >= 0.3 is 0 Å². The summed E-state index contributed by atoms with van der Waals surface area (Å²) in [7, 11) is 0. The minimum atomic E-state index is 0.151. The van der Waals surface area contributed by atoms with Crippen LogP contribution in [-0.4, -0.2) is 10.5 Å². The van der Waals surface area contributed by atoms with Crippen LogP contribution >= 0.6 is 11.8 Å². The molecule has 0 amide bonds. The summed E-state index contributed by atoms with van der Waals surface area (Å²) >= 11 is 2.16. The molecule has 1 aromatic carbocycles. The Morgan fingerprint density at radius 2 is 1.85 bits per heavy atom. The highest BCUT2D eigenvalue weighted by molar-refractivity contribution is 8.00. The third-order valence-electron chi connectivity index (χ3n) is 4.43. The van der Waals surface area contributed by atoms with Gasteiger partial charge in [-0.2, -0.15) is 11.8 Å². The second-order valence-corrected chi connectivity index (χ2v) is 8.16. The van der Waals surface area contributed by atoms with Crippen molar-refractivity contribution in [3.05, 3.63) is 35.9 Å². The zero-order valence-corrected chi connectivity index (χ0v) is 13.9. The molecule has 1 aromatic rings. The monoisotopic (exact) mass is 291 g/mol. The van der Waals surface area contributed by atoms with Crippen molar-refractivity contribution in [3.8, 4) is 0 Å². The molecule has 20 heavy (non-hydrogen) atoms. The van der Waals surface area contributed by atoms with E-state index >= 15 is 0 Å². The molecule has 0 spiro atoms. The van der Waals surface area contributed by atoms with E-state index in [9.17, 15) is 0 Å². The van der Waals surface area contributed by atoms with Gasteiger partial charge in [0.15, 0.2) is 0 Å². The lowest BCUT2D eigenvalue weighted by atomic mass is 9.90. The largest absolute Gasteiger partial charge is 0.323 e. The fourth-order valence-electron chi connectivity index (χ4n) is 3.25. The summed E-state index contributed by atoms with van der Waals surface area (Å²) in [6.45, 7) is 7.02. The quantitative estimate of drug-likeness (QED) is 0.824. The molecular formula is C18H29NS. The van der Waals surface area contributed by atoms with E-state index < -0.39 is 0 Å². The molecule has 2 N–H and O–H groups in total. The van der Waals surface area contributed by atoms with Crippen LogP contribution in [-0.2, 0) is 0 Å². The molecule has 1 nitrogen and oxygen atoms in total. The summed E-state index contributed by atoms with van der Waals surface area (Å²) in [5.74, 6) is 1.51. The van der Waals surface area contributed by atoms with Crippen LogP contribution in [0.2, 0.25) is 0 Å². The normalized spacial score (nSPS) is 26.4. The van der Waals surface area contributed by atoms with Crippen LogP contribution in [0.25, 0.3) is 0 Å². The highest BCUT2D eigenvalue weighted by Gasteiger charge is 2.28. The van der Waals surface area contributed by atoms with Gasteiger partial charge in [-0.05, 0) is 30.2 Å². The summed E-state index contributed by atoms with van der Waals surface area (Å²) in [5, 5.41) is 1.33. The van der Waals surface area contributed by atoms with Gasteiger partial charge in [-0.25, -0.2) is 0 Å². The average Bonchev–Trinajstić information content (AvgIpc) is 2.45. The average molecular weight is 292 g/mol. The topological polar surface area (TPSA) is 26.0 Å². The first kappa shape index (κ1) is 15.9. The molecule has 0 bridgehead atoms. The number of benzene rings is 1. The molecule has 0 heterocycles. The Labute approximate surface area is 128 Å². The minimum absolute atomic E-state index is 0.151. The Kier molecular flexibility index (Phi) is 5.98. The van der Waals surface area contributed by atoms with E-state index in [-0.39, 0.29) is 6.04 Å². The van der Waals surface area contributed by atoms with Gasteiger partial charge in [0.05, 0.1) is 0 Å². The molecule has 1 aliphatic rings. The van der Waals surface area contributed by atoms with Crippen molar-refractivity contribution in [2.24, 2.45) is 17.6 Å². The van der Waals surface area contributed by atoms with Crippen molar-refractivity contribution in [1.82, 2.24) is 0 Å². The second kappa shape index (κ2) is 7.51. The molecule has 2 rings (SSSR count). The Hall–Kier alpha value is -0.470. The second-order valence-electron chi connectivity index (χ2n) is 6.67. The zero-order valence-electron chi connectivity index (χ0n) is 13.1. The fraction of sp³-hybridized carbons (Fsp3) is 0.667. The summed E-state index contributed by atoms with van der Waals surface area (Å²) in [6, 6.07) is 10.8. The first-order valence-corrected chi connectivity index (χ1v) is 8.98. The predicted octanol–water partition coefficient (Wildman–Crippen LogP) is 5.02. The molecule has 112 valence electrons. The van der Waals surface area contributed by atoms with Crippen LogP contribution in [0.1, 0.15) is 58.1 Å². The molecule has 1 saturated carbocycles. The van der Waals surface area contributed by atoms with Crippen molar-refractivity contribution >= 4 is 11.8 Å².